The summed E-state index contributed by atoms with van der Waals surface area (Å²) in [5, 5.41) is 3.63. The van der Waals surface area contributed by atoms with Crippen LogP contribution >= 0.6 is 0 Å². The molecule has 2 aliphatic heterocycles. The summed E-state index contributed by atoms with van der Waals surface area (Å²) in [6, 6.07) is 17.3. The van der Waals surface area contributed by atoms with Crippen LogP contribution in [0.25, 0.3) is 0 Å². The van der Waals surface area contributed by atoms with E-state index >= 15 is 0 Å². The molecule has 2 aromatic rings. The molecule has 0 spiro atoms. The number of anilines is 1. The summed E-state index contributed by atoms with van der Waals surface area (Å²) < 4.78 is 10.8. The second-order valence-electron chi connectivity index (χ2n) is 6.25. The normalized spacial score (nSPS) is 18.1. The minimum Gasteiger partial charge on any atom is -0.454 e. The molecule has 1 saturated heterocycles. The van der Waals surface area contributed by atoms with Crippen LogP contribution in [0.2, 0.25) is 0 Å². The highest BCUT2D eigenvalue weighted by molar-refractivity contribution is 5.56. The number of likely N-dealkylation sites (tertiary alicyclic amines) is 1. The molecule has 0 saturated carbocycles. The number of piperidine rings is 1. The van der Waals surface area contributed by atoms with Crippen molar-refractivity contribution in [1.29, 1.82) is 0 Å². The van der Waals surface area contributed by atoms with Crippen LogP contribution in [-0.2, 0) is 6.54 Å². The molecule has 2 aliphatic rings. The molecule has 120 valence electrons. The van der Waals surface area contributed by atoms with Crippen LogP contribution in [0.5, 0.6) is 11.5 Å². The second kappa shape index (κ2) is 6.50. The topological polar surface area (TPSA) is 33.7 Å². The first-order valence-electron chi connectivity index (χ1n) is 8.29. The Morgan fingerprint density at radius 2 is 1.74 bits per heavy atom. The number of rotatable bonds is 4. The highest BCUT2D eigenvalue weighted by atomic mass is 16.7. The third-order valence-corrected chi connectivity index (χ3v) is 4.58. The largest absolute Gasteiger partial charge is 0.454 e. The molecule has 1 fully saturated rings. The molecule has 0 radical (unpaired) electrons. The first-order chi connectivity index (χ1) is 11.4. The van der Waals surface area contributed by atoms with Gasteiger partial charge in [0.2, 0.25) is 6.79 Å². The molecule has 4 nitrogen and oxygen atoms in total. The summed E-state index contributed by atoms with van der Waals surface area (Å²) >= 11 is 0. The van der Waals surface area contributed by atoms with Crippen LogP contribution in [0.15, 0.2) is 48.5 Å². The summed E-state index contributed by atoms with van der Waals surface area (Å²) in [5.41, 5.74) is 2.52. The molecule has 0 aliphatic carbocycles. The van der Waals surface area contributed by atoms with Gasteiger partial charge in [0.1, 0.15) is 0 Å². The van der Waals surface area contributed by atoms with Crippen LogP contribution in [-0.4, -0.2) is 30.8 Å². The highest BCUT2D eigenvalue weighted by Gasteiger charge is 2.20. The van der Waals surface area contributed by atoms with Gasteiger partial charge in [-0.2, -0.15) is 0 Å². The van der Waals surface area contributed by atoms with Gasteiger partial charge < -0.3 is 14.8 Å². The van der Waals surface area contributed by atoms with Crippen LogP contribution < -0.4 is 14.8 Å². The minimum atomic E-state index is 0.330. The lowest BCUT2D eigenvalue weighted by Crippen LogP contribution is -2.38. The highest BCUT2D eigenvalue weighted by Crippen LogP contribution is 2.34. The minimum absolute atomic E-state index is 0.330. The summed E-state index contributed by atoms with van der Waals surface area (Å²) in [5.74, 6) is 1.68. The maximum Gasteiger partial charge on any atom is 0.231 e. The van der Waals surface area contributed by atoms with E-state index in [-0.39, 0.29) is 0 Å². The molecule has 0 atom stereocenters. The van der Waals surface area contributed by atoms with Crippen molar-refractivity contribution in [1.82, 2.24) is 4.90 Å². The Balaban J connectivity index is 1.30. The fourth-order valence-corrected chi connectivity index (χ4v) is 3.30. The predicted molar refractivity (Wildman–Crippen MR) is 90.9 cm³/mol. The van der Waals surface area contributed by atoms with Crippen molar-refractivity contribution in [2.24, 2.45) is 0 Å². The third kappa shape index (κ3) is 3.42. The molecule has 23 heavy (non-hydrogen) atoms. The molecule has 4 heteroatoms. The van der Waals surface area contributed by atoms with Crippen molar-refractivity contribution in [3.8, 4) is 11.5 Å². The van der Waals surface area contributed by atoms with E-state index in [0.29, 0.717) is 12.8 Å². The van der Waals surface area contributed by atoms with Gasteiger partial charge >= 0.3 is 0 Å². The van der Waals surface area contributed by atoms with Gasteiger partial charge in [-0.1, -0.05) is 30.3 Å². The van der Waals surface area contributed by atoms with Gasteiger partial charge in [-0.05, 0) is 30.5 Å². The molecule has 0 aromatic heterocycles. The first kappa shape index (κ1) is 14.4. The zero-order valence-corrected chi connectivity index (χ0v) is 13.2. The van der Waals surface area contributed by atoms with E-state index < -0.39 is 0 Å². The van der Waals surface area contributed by atoms with Gasteiger partial charge in [0.25, 0.3) is 0 Å². The number of nitrogens with one attached hydrogen (secondary N) is 1. The number of hydrogen-bond acceptors (Lipinski definition) is 4. The molecule has 2 heterocycles. The quantitative estimate of drug-likeness (QED) is 0.937. The average Bonchev–Trinajstić information content (AvgIpc) is 3.05. The van der Waals surface area contributed by atoms with E-state index in [0.717, 1.165) is 36.8 Å². The number of benzene rings is 2. The van der Waals surface area contributed by atoms with Crippen LogP contribution in [0, 0.1) is 0 Å². The van der Waals surface area contributed by atoms with Crippen molar-refractivity contribution in [2.45, 2.75) is 25.4 Å². The Labute approximate surface area is 137 Å². The predicted octanol–water partition coefficient (Wildman–Crippen LogP) is 3.49. The Kier molecular flexibility index (Phi) is 4.07. The zero-order valence-electron chi connectivity index (χ0n) is 13.2. The Morgan fingerprint density at radius 3 is 2.57 bits per heavy atom. The van der Waals surface area contributed by atoms with Crippen LogP contribution in [0.3, 0.4) is 0 Å². The van der Waals surface area contributed by atoms with E-state index in [1.807, 2.05) is 12.1 Å². The van der Waals surface area contributed by atoms with Crippen molar-refractivity contribution in [2.75, 3.05) is 25.2 Å². The number of fused-ring (bicyclic) bond motifs is 1. The van der Waals surface area contributed by atoms with Crippen LogP contribution in [0.4, 0.5) is 5.69 Å². The molecular formula is C19H22N2O2. The van der Waals surface area contributed by atoms with Crippen molar-refractivity contribution >= 4 is 5.69 Å². The summed E-state index contributed by atoms with van der Waals surface area (Å²) in [4.78, 5) is 2.53. The Hall–Kier alpha value is -2.20. The van der Waals surface area contributed by atoms with Crippen molar-refractivity contribution in [3.63, 3.8) is 0 Å². The molecule has 1 N–H and O–H groups in total. The number of ether oxygens (including phenoxy) is 2. The van der Waals surface area contributed by atoms with Gasteiger partial charge in [0, 0.05) is 37.4 Å². The maximum absolute atomic E-state index is 5.44. The van der Waals surface area contributed by atoms with Gasteiger partial charge in [0.15, 0.2) is 11.5 Å². The lowest BCUT2D eigenvalue weighted by molar-refractivity contribution is 0.174. The zero-order chi connectivity index (χ0) is 15.5. The molecule has 0 amide bonds. The van der Waals surface area contributed by atoms with Gasteiger partial charge in [0.05, 0.1) is 0 Å². The SMILES string of the molecule is c1ccc(CN2CCC(Nc3ccc4c(c3)OCO4)CC2)cc1. The van der Waals surface area contributed by atoms with Gasteiger partial charge in [-0.25, -0.2) is 0 Å². The van der Waals surface area contributed by atoms with E-state index in [1.54, 1.807) is 0 Å². The van der Waals surface area contributed by atoms with E-state index in [2.05, 4.69) is 46.6 Å². The molecule has 4 rings (SSSR count). The van der Waals surface area contributed by atoms with Crippen LogP contribution in [0.1, 0.15) is 18.4 Å². The standard InChI is InChI=1S/C19H22N2O2/c1-2-4-15(5-3-1)13-21-10-8-16(9-11-21)20-17-6-7-18-19(12-17)23-14-22-18/h1-7,12,16,20H,8-11,13-14H2. The third-order valence-electron chi connectivity index (χ3n) is 4.58. The molecular weight excluding hydrogens is 288 g/mol. The molecule has 0 bridgehead atoms. The number of hydrogen-bond donors (Lipinski definition) is 1. The average molecular weight is 310 g/mol. The van der Waals surface area contributed by atoms with E-state index in [4.69, 9.17) is 9.47 Å². The molecule has 0 unspecified atom stereocenters. The van der Waals surface area contributed by atoms with Gasteiger partial charge in [-0.15, -0.1) is 0 Å². The summed E-state index contributed by atoms with van der Waals surface area (Å²) in [6.07, 6.45) is 2.34. The smallest absolute Gasteiger partial charge is 0.231 e. The van der Waals surface area contributed by atoms with Gasteiger partial charge in [-0.3, -0.25) is 4.90 Å². The lowest BCUT2D eigenvalue weighted by Gasteiger charge is -2.33. The number of nitrogens with zero attached hydrogens (tertiary/aromatic N) is 1. The maximum atomic E-state index is 5.44. The Bertz CT molecular complexity index is 652. The van der Waals surface area contributed by atoms with E-state index in [9.17, 15) is 0 Å². The monoisotopic (exact) mass is 310 g/mol. The Morgan fingerprint density at radius 1 is 0.957 bits per heavy atom. The molecule has 2 aromatic carbocycles. The second-order valence-corrected chi connectivity index (χ2v) is 6.25. The fraction of sp³-hybridized carbons (Fsp3) is 0.368. The van der Waals surface area contributed by atoms with Crippen molar-refractivity contribution in [3.05, 3.63) is 54.1 Å². The summed E-state index contributed by atoms with van der Waals surface area (Å²) in [7, 11) is 0. The lowest BCUT2D eigenvalue weighted by atomic mass is 10.0. The van der Waals surface area contributed by atoms with E-state index in [1.165, 1.54) is 18.4 Å². The van der Waals surface area contributed by atoms with Crippen molar-refractivity contribution < 1.29 is 9.47 Å². The summed E-state index contributed by atoms with van der Waals surface area (Å²) in [6.45, 7) is 3.66. The fourth-order valence-electron chi connectivity index (χ4n) is 3.30. The first-order valence-corrected chi connectivity index (χ1v) is 8.29.